The molecule has 0 N–H and O–H groups in total. The van der Waals surface area contributed by atoms with Gasteiger partial charge in [0.25, 0.3) is 0 Å². The van der Waals surface area contributed by atoms with E-state index < -0.39 is 0 Å². The second-order valence-electron chi connectivity index (χ2n) is 8.10. The van der Waals surface area contributed by atoms with Crippen LogP contribution in [0.4, 0.5) is 0 Å². The lowest BCUT2D eigenvalue weighted by Crippen LogP contribution is -2.44. The van der Waals surface area contributed by atoms with Crippen LogP contribution < -0.4 is 0 Å². The Labute approximate surface area is 153 Å². The molecule has 0 aromatic rings. The second kappa shape index (κ2) is 10.5. The molecule has 25 heavy (non-hydrogen) atoms. The Morgan fingerprint density at radius 3 is 2.12 bits per heavy atom. The lowest BCUT2D eigenvalue weighted by atomic mass is 9.95. The zero-order chi connectivity index (χ0) is 17.3. The van der Waals surface area contributed by atoms with Crippen molar-refractivity contribution in [1.29, 1.82) is 0 Å². The molecule has 0 radical (unpaired) electrons. The van der Waals surface area contributed by atoms with E-state index in [1.165, 1.54) is 64.6 Å². The fourth-order valence-electron chi connectivity index (χ4n) is 4.46. The highest BCUT2D eigenvalue weighted by Gasteiger charge is 2.25. The number of piperidine rings is 1. The number of morpholine rings is 1. The van der Waals surface area contributed by atoms with Gasteiger partial charge in [-0.1, -0.05) is 19.3 Å². The summed E-state index contributed by atoms with van der Waals surface area (Å²) in [4.78, 5) is 19.7. The van der Waals surface area contributed by atoms with Gasteiger partial charge in [0.1, 0.15) is 0 Å². The third kappa shape index (κ3) is 6.54. The summed E-state index contributed by atoms with van der Waals surface area (Å²) < 4.78 is 5.43. The quantitative estimate of drug-likeness (QED) is 0.761. The molecule has 0 unspecified atom stereocenters. The standard InChI is InChI=1S/C20H37N3O2/c24-20(8-11-21-9-4-2-1-3-5-10-21)23-12-6-19(7-13-23)18-22-14-16-25-17-15-22/h19H,1-18H2. The smallest absolute Gasteiger partial charge is 0.223 e. The van der Waals surface area contributed by atoms with Crippen molar-refractivity contribution in [2.24, 2.45) is 5.92 Å². The van der Waals surface area contributed by atoms with E-state index in [2.05, 4.69) is 14.7 Å². The number of ether oxygens (including phenoxy) is 1. The summed E-state index contributed by atoms with van der Waals surface area (Å²) in [6.07, 6.45) is 9.80. The number of amides is 1. The van der Waals surface area contributed by atoms with E-state index in [0.29, 0.717) is 12.3 Å². The van der Waals surface area contributed by atoms with Crippen molar-refractivity contribution < 1.29 is 9.53 Å². The van der Waals surface area contributed by atoms with E-state index in [-0.39, 0.29) is 0 Å². The number of likely N-dealkylation sites (tertiary alicyclic amines) is 2. The van der Waals surface area contributed by atoms with Gasteiger partial charge in [0.15, 0.2) is 0 Å². The average Bonchev–Trinajstić information content (AvgIpc) is 2.62. The summed E-state index contributed by atoms with van der Waals surface area (Å²) in [5.74, 6) is 1.14. The number of carbonyl (C=O) groups is 1. The normalized spacial score (nSPS) is 25.5. The predicted molar refractivity (Wildman–Crippen MR) is 101 cm³/mol. The van der Waals surface area contributed by atoms with E-state index in [0.717, 1.165) is 51.9 Å². The molecule has 0 bridgehead atoms. The van der Waals surface area contributed by atoms with E-state index in [1.807, 2.05) is 0 Å². The molecule has 5 nitrogen and oxygen atoms in total. The first kappa shape index (κ1) is 19.1. The molecule has 3 heterocycles. The van der Waals surface area contributed by atoms with Gasteiger partial charge in [-0.3, -0.25) is 9.69 Å². The molecular formula is C20H37N3O2. The minimum atomic E-state index is 0.381. The molecule has 3 fully saturated rings. The van der Waals surface area contributed by atoms with Crippen LogP contribution in [0.5, 0.6) is 0 Å². The van der Waals surface area contributed by atoms with Gasteiger partial charge in [0.05, 0.1) is 13.2 Å². The van der Waals surface area contributed by atoms with Crippen LogP contribution in [0.1, 0.15) is 51.4 Å². The van der Waals surface area contributed by atoms with Crippen LogP contribution in [-0.4, -0.2) is 86.2 Å². The van der Waals surface area contributed by atoms with Crippen LogP contribution in [0.25, 0.3) is 0 Å². The molecule has 5 heteroatoms. The second-order valence-corrected chi connectivity index (χ2v) is 8.10. The summed E-state index contributed by atoms with van der Waals surface area (Å²) in [5, 5.41) is 0. The molecule has 3 saturated heterocycles. The van der Waals surface area contributed by atoms with Crippen LogP contribution in [-0.2, 0) is 9.53 Å². The summed E-state index contributed by atoms with van der Waals surface area (Å²) in [6, 6.07) is 0. The fourth-order valence-corrected chi connectivity index (χ4v) is 4.46. The van der Waals surface area contributed by atoms with Crippen molar-refractivity contribution >= 4 is 5.91 Å². The Morgan fingerprint density at radius 2 is 1.44 bits per heavy atom. The Kier molecular flexibility index (Phi) is 8.02. The van der Waals surface area contributed by atoms with Crippen LogP contribution in [0.3, 0.4) is 0 Å². The van der Waals surface area contributed by atoms with Crippen molar-refractivity contribution in [3.63, 3.8) is 0 Å². The number of rotatable bonds is 5. The highest BCUT2D eigenvalue weighted by molar-refractivity contribution is 5.76. The van der Waals surface area contributed by atoms with E-state index in [4.69, 9.17) is 4.74 Å². The van der Waals surface area contributed by atoms with Gasteiger partial charge >= 0.3 is 0 Å². The van der Waals surface area contributed by atoms with Crippen LogP contribution in [0.2, 0.25) is 0 Å². The Morgan fingerprint density at radius 1 is 0.800 bits per heavy atom. The third-order valence-electron chi connectivity index (χ3n) is 6.18. The van der Waals surface area contributed by atoms with Gasteiger partial charge in [-0.25, -0.2) is 0 Å². The minimum Gasteiger partial charge on any atom is -0.379 e. The molecule has 0 spiro atoms. The maximum atomic E-state index is 12.6. The molecule has 0 atom stereocenters. The largest absolute Gasteiger partial charge is 0.379 e. The first-order valence-corrected chi connectivity index (χ1v) is 10.6. The Balaban J connectivity index is 1.32. The zero-order valence-corrected chi connectivity index (χ0v) is 16.0. The summed E-state index contributed by atoms with van der Waals surface area (Å²) >= 11 is 0. The highest BCUT2D eigenvalue weighted by Crippen LogP contribution is 2.20. The molecule has 3 aliphatic rings. The number of hydrogen-bond acceptors (Lipinski definition) is 4. The van der Waals surface area contributed by atoms with Crippen molar-refractivity contribution in [3.8, 4) is 0 Å². The van der Waals surface area contributed by atoms with E-state index in [9.17, 15) is 4.79 Å². The average molecular weight is 352 g/mol. The SMILES string of the molecule is O=C(CCN1CCCCCCC1)N1CCC(CN2CCOCC2)CC1. The molecule has 1 amide bonds. The lowest BCUT2D eigenvalue weighted by molar-refractivity contribution is -0.133. The fraction of sp³-hybridized carbons (Fsp3) is 0.950. The maximum Gasteiger partial charge on any atom is 0.223 e. The van der Waals surface area contributed by atoms with Crippen LogP contribution in [0, 0.1) is 5.92 Å². The first-order chi connectivity index (χ1) is 12.3. The van der Waals surface area contributed by atoms with Gasteiger partial charge < -0.3 is 14.5 Å². The van der Waals surface area contributed by atoms with Gasteiger partial charge in [-0.2, -0.15) is 0 Å². The summed E-state index contributed by atoms with van der Waals surface area (Å²) in [5.41, 5.74) is 0. The number of carbonyl (C=O) groups excluding carboxylic acids is 1. The molecular weight excluding hydrogens is 314 g/mol. The van der Waals surface area contributed by atoms with Gasteiger partial charge in [-0.15, -0.1) is 0 Å². The maximum absolute atomic E-state index is 12.6. The van der Waals surface area contributed by atoms with E-state index >= 15 is 0 Å². The lowest BCUT2D eigenvalue weighted by Gasteiger charge is -2.36. The topological polar surface area (TPSA) is 36.0 Å². The van der Waals surface area contributed by atoms with Crippen LogP contribution >= 0.6 is 0 Å². The van der Waals surface area contributed by atoms with Crippen molar-refractivity contribution in [1.82, 2.24) is 14.7 Å². The molecule has 3 aliphatic heterocycles. The van der Waals surface area contributed by atoms with E-state index in [1.54, 1.807) is 0 Å². The number of hydrogen-bond donors (Lipinski definition) is 0. The Hall–Kier alpha value is -0.650. The molecule has 0 aromatic carbocycles. The van der Waals surface area contributed by atoms with Crippen molar-refractivity contribution in [2.75, 3.05) is 65.6 Å². The van der Waals surface area contributed by atoms with Crippen molar-refractivity contribution in [2.45, 2.75) is 51.4 Å². The Bertz CT molecular complexity index is 382. The van der Waals surface area contributed by atoms with Gasteiger partial charge in [0, 0.05) is 45.7 Å². The van der Waals surface area contributed by atoms with Crippen LogP contribution in [0.15, 0.2) is 0 Å². The highest BCUT2D eigenvalue weighted by atomic mass is 16.5. The molecule has 0 aromatic heterocycles. The molecule has 3 rings (SSSR count). The third-order valence-corrected chi connectivity index (χ3v) is 6.18. The van der Waals surface area contributed by atoms with Gasteiger partial charge in [-0.05, 0) is 44.7 Å². The monoisotopic (exact) mass is 351 g/mol. The predicted octanol–water partition coefficient (Wildman–Crippen LogP) is 2.21. The molecule has 144 valence electrons. The summed E-state index contributed by atoms with van der Waals surface area (Å²) in [7, 11) is 0. The zero-order valence-electron chi connectivity index (χ0n) is 16.0. The minimum absolute atomic E-state index is 0.381. The molecule has 0 aliphatic carbocycles. The van der Waals surface area contributed by atoms with Crippen molar-refractivity contribution in [3.05, 3.63) is 0 Å². The first-order valence-electron chi connectivity index (χ1n) is 10.6. The number of nitrogens with zero attached hydrogens (tertiary/aromatic N) is 3. The molecule has 0 saturated carbocycles. The summed E-state index contributed by atoms with van der Waals surface area (Å²) in [6.45, 7) is 10.4. The van der Waals surface area contributed by atoms with Gasteiger partial charge in [0.2, 0.25) is 5.91 Å².